The predicted octanol–water partition coefficient (Wildman–Crippen LogP) is 2.61. The van der Waals surface area contributed by atoms with Crippen molar-refractivity contribution >= 4 is 27.5 Å². The molecular weight excluding hydrogens is 299 g/mol. The number of thioether (sulfide) groups is 1. The number of hydrogen-bond acceptors (Lipinski definition) is 4. The number of sulfonamides is 1. The van der Waals surface area contributed by atoms with Crippen molar-refractivity contribution in [1.82, 2.24) is 4.72 Å². The van der Waals surface area contributed by atoms with Gasteiger partial charge >= 0.3 is 0 Å². The van der Waals surface area contributed by atoms with Crippen LogP contribution in [0.5, 0.6) is 0 Å². The largest absolute Gasteiger partial charge is 0.396 e. The molecule has 0 radical (unpaired) electrons. The molecule has 0 aromatic heterocycles. The third-order valence-corrected chi connectivity index (χ3v) is 5.01. The third-order valence-electron chi connectivity index (χ3n) is 2.85. The summed E-state index contributed by atoms with van der Waals surface area (Å²) in [5.41, 5.74) is 5.26. The van der Waals surface area contributed by atoms with Gasteiger partial charge < -0.3 is 5.73 Å². The molecule has 1 aromatic rings. The molecule has 0 aliphatic carbocycles. The van der Waals surface area contributed by atoms with E-state index in [4.69, 9.17) is 5.73 Å². The van der Waals surface area contributed by atoms with E-state index in [0.717, 1.165) is 37.5 Å². The van der Waals surface area contributed by atoms with Crippen LogP contribution in [-0.4, -0.2) is 27.0 Å². The number of anilines is 1. The maximum atomic E-state index is 13.3. The number of unbranched alkanes of at least 4 members (excludes halogenated alkanes) is 3. The summed E-state index contributed by atoms with van der Waals surface area (Å²) in [5, 5.41) is 0. The van der Waals surface area contributed by atoms with E-state index in [1.54, 1.807) is 0 Å². The average molecular weight is 320 g/mol. The average Bonchev–Trinajstić information content (AvgIpc) is 2.40. The molecule has 0 fully saturated rings. The van der Waals surface area contributed by atoms with Crippen LogP contribution in [0.4, 0.5) is 10.1 Å². The predicted molar refractivity (Wildman–Crippen MR) is 82.9 cm³/mol. The van der Waals surface area contributed by atoms with Gasteiger partial charge in [0.25, 0.3) is 0 Å². The molecule has 0 spiro atoms. The van der Waals surface area contributed by atoms with Crippen LogP contribution in [0.15, 0.2) is 23.1 Å². The van der Waals surface area contributed by atoms with Gasteiger partial charge in [-0.2, -0.15) is 11.8 Å². The zero-order valence-corrected chi connectivity index (χ0v) is 13.2. The van der Waals surface area contributed by atoms with Crippen molar-refractivity contribution in [3.8, 4) is 0 Å². The van der Waals surface area contributed by atoms with Crippen LogP contribution in [0.2, 0.25) is 0 Å². The Kier molecular flexibility index (Phi) is 7.32. The van der Waals surface area contributed by atoms with Gasteiger partial charge in [0.1, 0.15) is 5.82 Å². The van der Waals surface area contributed by atoms with Gasteiger partial charge in [0.15, 0.2) is 0 Å². The van der Waals surface area contributed by atoms with Crippen LogP contribution in [0.1, 0.15) is 25.7 Å². The minimum Gasteiger partial charge on any atom is -0.396 e. The molecule has 0 amide bonds. The first-order valence-corrected chi connectivity index (χ1v) is 9.38. The van der Waals surface area contributed by atoms with E-state index < -0.39 is 15.8 Å². The summed E-state index contributed by atoms with van der Waals surface area (Å²) < 4.78 is 39.5. The molecule has 0 atom stereocenters. The monoisotopic (exact) mass is 320 g/mol. The van der Waals surface area contributed by atoms with Gasteiger partial charge in [-0.25, -0.2) is 17.5 Å². The summed E-state index contributed by atoms with van der Waals surface area (Å²) in [7, 11) is -3.65. The van der Waals surface area contributed by atoms with Crippen molar-refractivity contribution in [1.29, 1.82) is 0 Å². The van der Waals surface area contributed by atoms with Crippen LogP contribution < -0.4 is 10.5 Å². The fourth-order valence-electron chi connectivity index (χ4n) is 1.69. The maximum Gasteiger partial charge on any atom is 0.240 e. The fraction of sp³-hybridized carbons (Fsp3) is 0.538. The first-order chi connectivity index (χ1) is 9.47. The van der Waals surface area contributed by atoms with Crippen molar-refractivity contribution in [3.05, 3.63) is 24.0 Å². The van der Waals surface area contributed by atoms with Crippen molar-refractivity contribution in [3.63, 3.8) is 0 Å². The normalized spacial score (nSPS) is 11.7. The summed E-state index contributed by atoms with van der Waals surface area (Å²) in [6, 6.07) is 3.50. The van der Waals surface area contributed by atoms with Gasteiger partial charge in [-0.05, 0) is 43.0 Å². The summed E-state index contributed by atoms with van der Waals surface area (Å²) in [5.74, 6) is 0.418. The van der Waals surface area contributed by atoms with Gasteiger partial charge in [0.05, 0.1) is 10.6 Å². The number of hydrogen-bond donors (Lipinski definition) is 2. The standard InChI is InChI=1S/C13H21FN2O2S2/c1-19-9-5-3-2-4-8-16-20(17,18)11-6-7-13(15)12(14)10-11/h6-7,10,16H,2-5,8-9,15H2,1H3. The smallest absolute Gasteiger partial charge is 0.240 e. The van der Waals surface area contributed by atoms with E-state index in [0.29, 0.717) is 6.54 Å². The second-order valence-corrected chi connectivity index (χ2v) is 7.24. The highest BCUT2D eigenvalue weighted by molar-refractivity contribution is 7.98. The van der Waals surface area contributed by atoms with E-state index in [2.05, 4.69) is 11.0 Å². The molecule has 1 rings (SSSR count). The van der Waals surface area contributed by atoms with Crippen molar-refractivity contribution < 1.29 is 12.8 Å². The zero-order valence-electron chi connectivity index (χ0n) is 11.6. The molecule has 1 aromatic carbocycles. The molecule has 0 saturated carbocycles. The number of nitrogens with two attached hydrogens (primary N) is 1. The number of halogens is 1. The SMILES string of the molecule is CSCCCCCCNS(=O)(=O)c1ccc(N)c(F)c1. The van der Waals surface area contributed by atoms with Crippen molar-refractivity contribution in [2.24, 2.45) is 0 Å². The van der Waals surface area contributed by atoms with E-state index in [1.807, 2.05) is 11.8 Å². The number of benzene rings is 1. The lowest BCUT2D eigenvalue weighted by Crippen LogP contribution is -2.25. The van der Waals surface area contributed by atoms with Gasteiger partial charge in [0, 0.05) is 6.54 Å². The first-order valence-electron chi connectivity index (χ1n) is 6.51. The highest BCUT2D eigenvalue weighted by Crippen LogP contribution is 2.16. The summed E-state index contributed by atoms with van der Waals surface area (Å²) in [6.07, 6.45) is 6.08. The molecule has 0 unspecified atom stereocenters. The van der Waals surface area contributed by atoms with Gasteiger partial charge in [-0.1, -0.05) is 12.8 Å². The van der Waals surface area contributed by atoms with Crippen LogP contribution in [0.3, 0.4) is 0 Å². The van der Waals surface area contributed by atoms with E-state index in [-0.39, 0.29) is 10.6 Å². The number of rotatable bonds is 9. The Hall–Kier alpha value is -0.790. The maximum absolute atomic E-state index is 13.3. The molecule has 7 heteroatoms. The minimum atomic E-state index is -3.65. The van der Waals surface area contributed by atoms with E-state index in [1.165, 1.54) is 12.1 Å². The first kappa shape index (κ1) is 17.3. The third kappa shape index (κ3) is 5.68. The second-order valence-electron chi connectivity index (χ2n) is 4.49. The summed E-state index contributed by atoms with van der Waals surface area (Å²) >= 11 is 1.81. The van der Waals surface area contributed by atoms with Crippen LogP contribution in [-0.2, 0) is 10.0 Å². The molecule has 0 bridgehead atoms. The number of nitrogen functional groups attached to an aromatic ring is 1. The Morgan fingerprint density at radius 3 is 2.60 bits per heavy atom. The molecular formula is C13H21FN2O2S2. The molecule has 4 nitrogen and oxygen atoms in total. The van der Waals surface area contributed by atoms with Crippen molar-refractivity contribution in [2.75, 3.05) is 24.3 Å². The van der Waals surface area contributed by atoms with Crippen LogP contribution >= 0.6 is 11.8 Å². The minimum absolute atomic E-state index is 0.0576. The molecule has 0 aliphatic rings. The van der Waals surface area contributed by atoms with Gasteiger partial charge in [-0.3, -0.25) is 0 Å². The molecule has 20 heavy (non-hydrogen) atoms. The highest BCUT2D eigenvalue weighted by atomic mass is 32.2. The van der Waals surface area contributed by atoms with Gasteiger partial charge in [0.2, 0.25) is 10.0 Å². The quantitative estimate of drug-likeness (QED) is 0.542. The molecule has 0 heterocycles. The lowest BCUT2D eigenvalue weighted by atomic mass is 10.2. The topological polar surface area (TPSA) is 72.2 Å². The lowest BCUT2D eigenvalue weighted by molar-refractivity contribution is 0.571. The highest BCUT2D eigenvalue weighted by Gasteiger charge is 2.14. The number of nitrogens with one attached hydrogen (secondary N) is 1. The lowest BCUT2D eigenvalue weighted by Gasteiger charge is -2.07. The molecule has 3 N–H and O–H groups in total. The Balaban J connectivity index is 2.40. The second kappa shape index (κ2) is 8.49. The van der Waals surface area contributed by atoms with E-state index in [9.17, 15) is 12.8 Å². The Bertz CT molecular complexity index is 521. The molecule has 114 valence electrons. The van der Waals surface area contributed by atoms with Crippen LogP contribution in [0, 0.1) is 5.82 Å². The van der Waals surface area contributed by atoms with E-state index >= 15 is 0 Å². The molecule has 0 saturated heterocycles. The van der Waals surface area contributed by atoms with Gasteiger partial charge in [-0.15, -0.1) is 0 Å². The van der Waals surface area contributed by atoms with Crippen LogP contribution in [0.25, 0.3) is 0 Å². The Labute approximate surface area is 124 Å². The summed E-state index contributed by atoms with van der Waals surface area (Å²) in [6.45, 7) is 0.369. The zero-order chi connectivity index (χ0) is 15.0. The fourth-order valence-corrected chi connectivity index (χ4v) is 3.27. The Morgan fingerprint density at radius 2 is 1.95 bits per heavy atom. The summed E-state index contributed by atoms with van der Waals surface area (Å²) in [4.78, 5) is -0.0911. The molecule has 0 aliphatic heterocycles. The van der Waals surface area contributed by atoms with Crippen molar-refractivity contribution in [2.45, 2.75) is 30.6 Å². The Morgan fingerprint density at radius 1 is 1.25 bits per heavy atom.